The van der Waals surface area contributed by atoms with Gasteiger partial charge in [-0.05, 0) is 44.3 Å². The third kappa shape index (κ3) is 3.99. The Hall–Kier alpha value is -2.66. The van der Waals surface area contributed by atoms with Crippen LogP contribution in [-0.2, 0) is 11.2 Å². The third-order valence-corrected chi connectivity index (χ3v) is 6.65. The molecule has 2 aromatic carbocycles. The summed E-state index contributed by atoms with van der Waals surface area (Å²) >= 11 is 0. The second-order valence-electron chi connectivity index (χ2n) is 9.23. The number of aryl methyl sites for hydroxylation is 1. The summed E-state index contributed by atoms with van der Waals surface area (Å²) < 4.78 is 0. The first-order chi connectivity index (χ1) is 14.4. The number of fused-ring (bicyclic) bond motifs is 1. The van der Waals surface area contributed by atoms with E-state index < -0.39 is 0 Å². The molecule has 0 aromatic heterocycles. The van der Waals surface area contributed by atoms with Gasteiger partial charge in [0.1, 0.15) is 0 Å². The van der Waals surface area contributed by atoms with E-state index in [0.717, 1.165) is 42.9 Å². The van der Waals surface area contributed by atoms with Crippen LogP contribution in [0.5, 0.6) is 0 Å². The molecule has 2 heterocycles. The Kier molecular flexibility index (Phi) is 5.65. The molecule has 0 unspecified atom stereocenters. The fourth-order valence-electron chi connectivity index (χ4n) is 5.22. The number of hydrogen-bond acceptors (Lipinski definition) is 3. The van der Waals surface area contributed by atoms with Crippen molar-refractivity contribution in [3.05, 3.63) is 71.3 Å². The zero-order valence-electron chi connectivity index (χ0n) is 18.2. The lowest BCUT2D eigenvalue weighted by atomic mass is 9.80. The SMILES string of the molecule is Cc1ccccc1CC(=O)N1C[C@H]2CN(C(=O)c3ccccc3)C[C@@]2(CN(C)C)C1. The molecule has 0 bridgehead atoms. The minimum atomic E-state index is -0.0602. The van der Waals surface area contributed by atoms with E-state index in [1.165, 1.54) is 0 Å². The van der Waals surface area contributed by atoms with Crippen molar-refractivity contribution in [1.82, 2.24) is 14.7 Å². The molecular formula is C25H31N3O2. The Morgan fingerprint density at radius 2 is 1.60 bits per heavy atom. The average molecular weight is 406 g/mol. The summed E-state index contributed by atoms with van der Waals surface area (Å²) in [7, 11) is 4.15. The predicted octanol–water partition coefficient (Wildman–Crippen LogP) is 2.70. The molecule has 2 aliphatic heterocycles. The van der Waals surface area contributed by atoms with Gasteiger partial charge in [0.05, 0.1) is 6.42 Å². The molecule has 0 radical (unpaired) electrons. The average Bonchev–Trinajstić information content (AvgIpc) is 3.23. The van der Waals surface area contributed by atoms with E-state index in [4.69, 9.17) is 0 Å². The predicted molar refractivity (Wildman–Crippen MR) is 118 cm³/mol. The van der Waals surface area contributed by atoms with Gasteiger partial charge in [-0.15, -0.1) is 0 Å². The van der Waals surface area contributed by atoms with Crippen molar-refractivity contribution >= 4 is 11.8 Å². The lowest BCUT2D eigenvalue weighted by Crippen LogP contribution is -2.44. The van der Waals surface area contributed by atoms with Crippen LogP contribution in [0.15, 0.2) is 54.6 Å². The molecule has 5 heteroatoms. The summed E-state index contributed by atoms with van der Waals surface area (Å²) in [5.74, 6) is 0.604. The Labute approximate surface area is 179 Å². The second-order valence-corrected chi connectivity index (χ2v) is 9.23. The molecule has 2 fully saturated rings. The van der Waals surface area contributed by atoms with E-state index in [0.29, 0.717) is 18.9 Å². The highest BCUT2D eigenvalue weighted by Crippen LogP contribution is 2.43. The summed E-state index contributed by atoms with van der Waals surface area (Å²) in [5.41, 5.74) is 2.94. The molecule has 5 nitrogen and oxygen atoms in total. The Morgan fingerprint density at radius 1 is 0.967 bits per heavy atom. The van der Waals surface area contributed by atoms with Crippen molar-refractivity contribution in [3.63, 3.8) is 0 Å². The minimum Gasteiger partial charge on any atom is -0.341 e. The molecule has 30 heavy (non-hydrogen) atoms. The van der Waals surface area contributed by atoms with Gasteiger partial charge in [0.15, 0.2) is 0 Å². The molecule has 0 N–H and O–H groups in total. The zero-order valence-corrected chi connectivity index (χ0v) is 18.2. The molecule has 4 rings (SSSR count). The topological polar surface area (TPSA) is 43.9 Å². The first kappa shape index (κ1) is 20.6. The van der Waals surface area contributed by atoms with Gasteiger partial charge in [-0.1, -0.05) is 42.5 Å². The summed E-state index contributed by atoms with van der Waals surface area (Å²) in [6.07, 6.45) is 0.449. The van der Waals surface area contributed by atoms with E-state index in [9.17, 15) is 9.59 Å². The maximum Gasteiger partial charge on any atom is 0.253 e. The minimum absolute atomic E-state index is 0.0602. The zero-order chi connectivity index (χ0) is 21.3. The maximum atomic E-state index is 13.1. The molecule has 2 atom stereocenters. The normalized spacial score (nSPS) is 23.1. The van der Waals surface area contributed by atoms with Gasteiger partial charge in [-0.2, -0.15) is 0 Å². The molecule has 2 saturated heterocycles. The standard InChI is InChI=1S/C25H31N3O2/c1-19-9-7-8-12-21(19)13-23(29)27-14-22-15-28(18-25(22,17-27)16-26(2)3)24(30)20-10-5-4-6-11-20/h4-12,22H,13-18H2,1-3H3/t22-,25+/m0/s1. The van der Waals surface area contributed by atoms with Crippen molar-refractivity contribution in [1.29, 1.82) is 0 Å². The van der Waals surface area contributed by atoms with Crippen molar-refractivity contribution in [2.24, 2.45) is 11.3 Å². The molecule has 0 aliphatic carbocycles. The fourth-order valence-corrected chi connectivity index (χ4v) is 5.22. The number of carbonyl (C=O) groups is 2. The molecule has 2 aromatic rings. The first-order valence-corrected chi connectivity index (χ1v) is 10.7. The third-order valence-electron chi connectivity index (χ3n) is 6.65. The number of amides is 2. The lowest BCUT2D eigenvalue weighted by molar-refractivity contribution is -0.130. The van der Waals surface area contributed by atoms with Gasteiger partial charge >= 0.3 is 0 Å². The molecule has 2 aliphatic rings. The highest BCUT2D eigenvalue weighted by atomic mass is 16.2. The van der Waals surface area contributed by atoms with Crippen LogP contribution < -0.4 is 0 Å². The van der Waals surface area contributed by atoms with Crippen LogP contribution in [0.3, 0.4) is 0 Å². The summed E-state index contributed by atoms with van der Waals surface area (Å²) in [5, 5.41) is 0. The lowest BCUT2D eigenvalue weighted by Gasteiger charge is -2.32. The summed E-state index contributed by atoms with van der Waals surface area (Å²) in [6, 6.07) is 17.6. The van der Waals surface area contributed by atoms with E-state index in [1.807, 2.05) is 58.3 Å². The van der Waals surface area contributed by atoms with Crippen molar-refractivity contribution in [3.8, 4) is 0 Å². The quantitative estimate of drug-likeness (QED) is 0.768. The second kappa shape index (κ2) is 8.23. The van der Waals surface area contributed by atoms with Crippen LogP contribution >= 0.6 is 0 Å². The fraction of sp³-hybridized carbons (Fsp3) is 0.440. The van der Waals surface area contributed by atoms with Gasteiger partial charge in [0.25, 0.3) is 5.91 Å². The van der Waals surface area contributed by atoms with Crippen LogP contribution in [0, 0.1) is 18.3 Å². The number of carbonyl (C=O) groups excluding carboxylic acids is 2. The van der Waals surface area contributed by atoms with Gasteiger partial charge in [-0.3, -0.25) is 9.59 Å². The first-order valence-electron chi connectivity index (χ1n) is 10.7. The molecular weight excluding hydrogens is 374 g/mol. The summed E-state index contributed by atoms with van der Waals surface area (Å²) in [4.78, 5) is 32.3. The molecule has 0 spiro atoms. The van der Waals surface area contributed by atoms with Crippen molar-refractivity contribution in [2.45, 2.75) is 13.3 Å². The largest absolute Gasteiger partial charge is 0.341 e. The highest BCUT2D eigenvalue weighted by Gasteiger charge is 2.54. The number of likely N-dealkylation sites (tertiary alicyclic amines) is 2. The monoisotopic (exact) mass is 405 g/mol. The Bertz CT molecular complexity index is 927. The van der Waals surface area contributed by atoms with Gasteiger partial charge in [0.2, 0.25) is 5.91 Å². The van der Waals surface area contributed by atoms with Crippen LogP contribution in [0.25, 0.3) is 0 Å². The van der Waals surface area contributed by atoms with Crippen molar-refractivity contribution < 1.29 is 9.59 Å². The summed E-state index contributed by atoms with van der Waals surface area (Å²) in [6.45, 7) is 5.82. The van der Waals surface area contributed by atoms with E-state index in [-0.39, 0.29) is 17.2 Å². The maximum absolute atomic E-state index is 13.1. The molecule has 0 saturated carbocycles. The van der Waals surface area contributed by atoms with Gasteiger partial charge in [0, 0.05) is 49.6 Å². The van der Waals surface area contributed by atoms with Crippen LogP contribution in [0.1, 0.15) is 21.5 Å². The Balaban J connectivity index is 1.49. The van der Waals surface area contributed by atoms with Gasteiger partial charge in [-0.25, -0.2) is 0 Å². The number of benzene rings is 2. The Morgan fingerprint density at radius 3 is 2.30 bits per heavy atom. The number of nitrogens with zero attached hydrogens (tertiary/aromatic N) is 3. The van der Waals surface area contributed by atoms with Crippen LogP contribution in [0.2, 0.25) is 0 Å². The molecule has 2 amide bonds. The number of hydrogen-bond donors (Lipinski definition) is 0. The van der Waals surface area contributed by atoms with E-state index in [2.05, 4.69) is 32.0 Å². The van der Waals surface area contributed by atoms with Crippen LogP contribution in [-0.4, -0.2) is 73.3 Å². The highest BCUT2D eigenvalue weighted by molar-refractivity contribution is 5.94. The molecule has 158 valence electrons. The van der Waals surface area contributed by atoms with Crippen molar-refractivity contribution in [2.75, 3.05) is 46.8 Å². The smallest absolute Gasteiger partial charge is 0.253 e. The van der Waals surface area contributed by atoms with Crippen LogP contribution in [0.4, 0.5) is 0 Å². The van der Waals surface area contributed by atoms with E-state index >= 15 is 0 Å². The van der Waals surface area contributed by atoms with E-state index in [1.54, 1.807) is 0 Å². The van der Waals surface area contributed by atoms with Gasteiger partial charge < -0.3 is 14.7 Å². The number of rotatable bonds is 5.